The molecule has 0 N–H and O–H groups in total. The van der Waals surface area contributed by atoms with Gasteiger partial charge in [0.15, 0.2) is 0 Å². The van der Waals surface area contributed by atoms with Gasteiger partial charge in [-0.25, -0.2) is 0 Å². The van der Waals surface area contributed by atoms with E-state index in [1.54, 1.807) is 0 Å². The Balaban J connectivity index is 3.63. The number of nitriles is 2. The molecule has 20 heavy (non-hydrogen) atoms. The van der Waals surface area contributed by atoms with Gasteiger partial charge in [0, 0.05) is 11.8 Å². The van der Waals surface area contributed by atoms with E-state index in [4.69, 9.17) is 10.5 Å². The van der Waals surface area contributed by atoms with Gasteiger partial charge in [0.05, 0.1) is 25.2 Å². The van der Waals surface area contributed by atoms with Gasteiger partial charge in [-0.3, -0.25) is 0 Å². The second-order valence-electron chi connectivity index (χ2n) is 6.05. The van der Waals surface area contributed by atoms with Crippen molar-refractivity contribution in [2.75, 3.05) is 13.1 Å². The summed E-state index contributed by atoms with van der Waals surface area (Å²) in [7, 11) is 0. The van der Waals surface area contributed by atoms with E-state index in [1.807, 2.05) is 13.8 Å². The minimum atomic E-state index is 0.130. The molecule has 0 amide bonds. The molecule has 4 unspecified atom stereocenters. The van der Waals surface area contributed by atoms with Gasteiger partial charge in [0.2, 0.25) is 0 Å². The van der Waals surface area contributed by atoms with E-state index >= 15 is 0 Å². The van der Waals surface area contributed by atoms with E-state index in [-0.39, 0.29) is 11.8 Å². The highest BCUT2D eigenvalue weighted by Crippen LogP contribution is 2.15. The van der Waals surface area contributed by atoms with Gasteiger partial charge < -0.3 is 0 Å². The topological polar surface area (TPSA) is 72.3 Å². The van der Waals surface area contributed by atoms with Crippen LogP contribution in [0.4, 0.5) is 0 Å². The van der Waals surface area contributed by atoms with Crippen molar-refractivity contribution >= 4 is 0 Å². The Hall–Kier alpha value is -1.42. The summed E-state index contributed by atoms with van der Waals surface area (Å²) in [5.74, 6) is 1.31. The predicted molar refractivity (Wildman–Crippen MR) is 80.9 cm³/mol. The summed E-state index contributed by atoms with van der Waals surface area (Å²) in [6.07, 6.45) is 3.87. The zero-order valence-electron chi connectivity index (χ0n) is 13.3. The molecule has 4 atom stereocenters. The molecule has 0 fully saturated rings. The lowest BCUT2D eigenvalue weighted by Crippen LogP contribution is -2.03. The van der Waals surface area contributed by atoms with Crippen molar-refractivity contribution < 1.29 is 0 Å². The second-order valence-corrected chi connectivity index (χ2v) is 6.05. The van der Waals surface area contributed by atoms with Gasteiger partial charge in [0.1, 0.15) is 0 Å². The van der Waals surface area contributed by atoms with Crippen molar-refractivity contribution in [1.82, 2.24) is 0 Å². The van der Waals surface area contributed by atoms with Crippen LogP contribution in [0.2, 0.25) is 0 Å². The molecule has 4 nitrogen and oxygen atoms in total. The average Bonchev–Trinajstić information content (AvgIpc) is 2.42. The fourth-order valence-electron chi connectivity index (χ4n) is 2.25. The average molecular weight is 276 g/mol. The van der Waals surface area contributed by atoms with Crippen LogP contribution >= 0.6 is 0 Å². The van der Waals surface area contributed by atoms with Crippen LogP contribution in [-0.4, -0.2) is 13.1 Å². The number of nitrogens with zero attached hydrogens (tertiary/aromatic N) is 4. The van der Waals surface area contributed by atoms with E-state index in [1.165, 1.54) is 0 Å². The van der Waals surface area contributed by atoms with E-state index in [0.717, 1.165) is 38.8 Å². The van der Waals surface area contributed by atoms with Crippen molar-refractivity contribution in [2.24, 2.45) is 33.9 Å². The highest BCUT2D eigenvalue weighted by molar-refractivity contribution is 4.80. The minimum absolute atomic E-state index is 0.130. The van der Waals surface area contributed by atoms with Gasteiger partial charge in [-0.2, -0.15) is 20.8 Å². The number of hydrogen-bond donors (Lipinski definition) is 0. The summed E-state index contributed by atoms with van der Waals surface area (Å²) < 4.78 is 0. The van der Waals surface area contributed by atoms with Crippen LogP contribution in [0.15, 0.2) is 10.2 Å². The lowest BCUT2D eigenvalue weighted by Gasteiger charge is -2.11. The Morgan fingerprint density at radius 3 is 1.40 bits per heavy atom. The van der Waals surface area contributed by atoms with Crippen LogP contribution in [0.25, 0.3) is 0 Å². The molecule has 0 aromatic carbocycles. The summed E-state index contributed by atoms with van der Waals surface area (Å²) in [6, 6.07) is 4.52. The van der Waals surface area contributed by atoms with Crippen molar-refractivity contribution in [1.29, 1.82) is 10.5 Å². The Morgan fingerprint density at radius 2 is 1.10 bits per heavy atom. The number of rotatable bonds is 10. The Bertz CT molecular complexity index is 316. The van der Waals surface area contributed by atoms with E-state index in [0.29, 0.717) is 11.8 Å². The maximum absolute atomic E-state index is 8.75. The van der Waals surface area contributed by atoms with Gasteiger partial charge in [-0.1, -0.05) is 13.8 Å². The molecule has 0 aliphatic heterocycles. The maximum atomic E-state index is 8.75. The van der Waals surface area contributed by atoms with Gasteiger partial charge in [-0.05, 0) is 51.4 Å². The van der Waals surface area contributed by atoms with Crippen LogP contribution in [0.5, 0.6) is 0 Å². The largest absolute Gasteiger partial charge is 0.198 e. The molecule has 0 aromatic rings. The summed E-state index contributed by atoms with van der Waals surface area (Å²) in [4.78, 5) is 0. The molecule has 0 radical (unpaired) electrons. The summed E-state index contributed by atoms with van der Waals surface area (Å²) in [5, 5.41) is 25.9. The van der Waals surface area contributed by atoms with Gasteiger partial charge >= 0.3 is 0 Å². The molecule has 112 valence electrons. The third-order valence-electron chi connectivity index (χ3n) is 3.50. The molecule has 0 saturated heterocycles. The maximum Gasteiger partial charge on any atom is 0.0652 e. The first-order valence-corrected chi connectivity index (χ1v) is 7.62. The zero-order chi connectivity index (χ0) is 15.4. The Morgan fingerprint density at radius 1 is 0.750 bits per heavy atom. The third-order valence-corrected chi connectivity index (χ3v) is 3.50. The summed E-state index contributed by atoms with van der Waals surface area (Å²) in [5.41, 5.74) is 0. The fraction of sp³-hybridized carbons (Fsp3) is 0.875. The van der Waals surface area contributed by atoms with Crippen molar-refractivity contribution in [3.8, 4) is 12.1 Å². The highest BCUT2D eigenvalue weighted by Gasteiger charge is 2.08. The number of hydrogen-bond acceptors (Lipinski definition) is 4. The van der Waals surface area contributed by atoms with E-state index < -0.39 is 0 Å². The number of azo groups is 1. The first-order valence-electron chi connectivity index (χ1n) is 7.62. The first-order chi connectivity index (χ1) is 9.49. The molecule has 0 aromatic heterocycles. The van der Waals surface area contributed by atoms with Crippen molar-refractivity contribution in [3.05, 3.63) is 0 Å². The molecule has 0 saturated carbocycles. The first kappa shape index (κ1) is 18.6. The highest BCUT2D eigenvalue weighted by atomic mass is 15.1. The summed E-state index contributed by atoms with van der Waals surface area (Å²) >= 11 is 0. The SMILES string of the molecule is CC(C#N)CC(C)CCN=NCCC(C)CC(C)C#N. The second kappa shape index (κ2) is 11.4. The Kier molecular flexibility index (Phi) is 10.6. The molecule has 0 heterocycles. The molecule has 0 spiro atoms. The molecule has 0 aliphatic carbocycles. The molecule has 0 aliphatic rings. The monoisotopic (exact) mass is 276 g/mol. The minimum Gasteiger partial charge on any atom is -0.198 e. The lowest BCUT2D eigenvalue weighted by atomic mass is 9.96. The van der Waals surface area contributed by atoms with Crippen LogP contribution in [0, 0.1) is 46.3 Å². The molecular formula is C16H28N4. The predicted octanol–water partition coefficient (Wildman–Crippen LogP) is 4.59. The molecular weight excluding hydrogens is 248 g/mol. The van der Waals surface area contributed by atoms with Crippen molar-refractivity contribution in [2.45, 2.75) is 53.4 Å². The van der Waals surface area contributed by atoms with Crippen LogP contribution in [0.3, 0.4) is 0 Å². The fourth-order valence-corrected chi connectivity index (χ4v) is 2.25. The quantitative estimate of drug-likeness (QED) is 0.547. The van der Waals surface area contributed by atoms with E-state index in [2.05, 4.69) is 36.2 Å². The zero-order valence-corrected chi connectivity index (χ0v) is 13.3. The molecule has 0 rings (SSSR count). The van der Waals surface area contributed by atoms with Crippen LogP contribution in [0.1, 0.15) is 53.4 Å². The van der Waals surface area contributed by atoms with Gasteiger partial charge in [0.25, 0.3) is 0 Å². The lowest BCUT2D eigenvalue weighted by molar-refractivity contribution is 0.436. The molecule has 0 bridgehead atoms. The smallest absolute Gasteiger partial charge is 0.0652 e. The van der Waals surface area contributed by atoms with E-state index in [9.17, 15) is 0 Å². The third kappa shape index (κ3) is 10.5. The Labute approximate surface area is 123 Å². The van der Waals surface area contributed by atoms with Crippen LogP contribution in [-0.2, 0) is 0 Å². The standard InChI is InChI=1S/C16H28N4/c1-13(9-15(3)11-17)5-7-19-20-8-6-14(2)10-16(4)12-18/h13-16H,5-10H2,1-4H3. The molecule has 4 heteroatoms. The normalized spacial score (nSPS) is 17.1. The summed E-state index contributed by atoms with van der Waals surface area (Å²) in [6.45, 7) is 9.75. The van der Waals surface area contributed by atoms with Crippen molar-refractivity contribution in [3.63, 3.8) is 0 Å². The van der Waals surface area contributed by atoms with Gasteiger partial charge in [-0.15, -0.1) is 0 Å². The van der Waals surface area contributed by atoms with Crippen LogP contribution < -0.4 is 0 Å².